The van der Waals surface area contributed by atoms with E-state index in [4.69, 9.17) is 10.3 Å². The molecule has 0 fully saturated rings. The second-order valence-corrected chi connectivity index (χ2v) is 10.4. The summed E-state index contributed by atoms with van der Waals surface area (Å²) in [6, 6.07) is 0. The van der Waals surface area contributed by atoms with Crippen LogP contribution in [0.4, 0.5) is 0 Å². The van der Waals surface area contributed by atoms with E-state index in [1.165, 1.54) is 31.5 Å². The summed E-state index contributed by atoms with van der Waals surface area (Å²) in [6.07, 6.45) is 0. The average molecular weight is 445 g/mol. The van der Waals surface area contributed by atoms with Gasteiger partial charge in [-0.15, -0.1) is 22.7 Å². The van der Waals surface area contributed by atoms with Gasteiger partial charge in [0.2, 0.25) is 8.68 Å². The highest BCUT2D eigenvalue weighted by Crippen LogP contribution is 2.23. The number of aliphatic hydroxyl groups is 1. The molecule has 14 heteroatoms. The summed E-state index contributed by atoms with van der Waals surface area (Å²) >= 11 is 1.74. The molecule has 0 radical (unpaired) electrons. The molecule has 2 aromatic heterocycles. The van der Waals surface area contributed by atoms with Crippen LogP contribution in [0.2, 0.25) is 0 Å². The van der Waals surface area contributed by atoms with E-state index in [9.17, 15) is 26.7 Å². The van der Waals surface area contributed by atoms with Gasteiger partial charge in [0.15, 0.2) is 5.78 Å². The average Bonchev–Trinajstić information content (AvgIpc) is 3.07. The number of Topliss-reactive ketones (excluding diaryl/α,β-unsaturated/α-hetero) is 1. The van der Waals surface area contributed by atoms with E-state index in [2.05, 4.69) is 9.97 Å². The minimum absolute atomic E-state index is 0. The van der Waals surface area contributed by atoms with Crippen molar-refractivity contribution in [2.45, 2.75) is 42.5 Å². The van der Waals surface area contributed by atoms with Crippen LogP contribution < -0.4 is 10.3 Å². The Hall–Kier alpha value is -1.29. The van der Waals surface area contributed by atoms with Crippen molar-refractivity contribution in [1.29, 1.82) is 0 Å². The van der Waals surface area contributed by atoms with Crippen LogP contribution in [0.25, 0.3) is 0 Å². The third kappa shape index (κ3) is 7.14. The van der Waals surface area contributed by atoms with Crippen molar-refractivity contribution in [3.8, 4) is 0 Å². The molecular formula is C12H20N4O6S4. The van der Waals surface area contributed by atoms with E-state index in [1.54, 1.807) is 0 Å². The summed E-state index contributed by atoms with van der Waals surface area (Å²) < 4.78 is 42.6. The maximum atomic E-state index is 10.8. The van der Waals surface area contributed by atoms with Crippen molar-refractivity contribution in [2.75, 3.05) is 0 Å². The first-order valence-corrected chi connectivity index (χ1v) is 11.2. The maximum Gasteiger partial charge on any atom is 0.265 e. The Bertz CT molecular complexity index is 970. The topological polar surface area (TPSA) is 183 Å². The molecule has 0 aliphatic heterocycles. The second-order valence-electron chi connectivity index (χ2n) is 5.20. The lowest BCUT2D eigenvalue weighted by Crippen LogP contribution is -2.17. The molecule has 0 unspecified atom stereocenters. The molecule has 2 aromatic rings. The molecule has 0 bridgehead atoms. The van der Waals surface area contributed by atoms with Crippen molar-refractivity contribution < 1.29 is 26.7 Å². The number of nitrogens with zero attached hydrogens (tertiary/aromatic N) is 2. The number of hydrogen-bond acceptors (Lipinski definition) is 10. The van der Waals surface area contributed by atoms with Crippen molar-refractivity contribution in [3.05, 3.63) is 22.1 Å². The minimum Gasteiger partial charge on any atom is -0.384 e. The van der Waals surface area contributed by atoms with Crippen LogP contribution in [0.3, 0.4) is 0 Å². The highest BCUT2D eigenvalue weighted by molar-refractivity contribution is 7.91. The highest BCUT2D eigenvalue weighted by atomic mass is 32.3. The van der Waals surface area contributed by atoms with Gasteiger partial charge in [0.1, 0.15) is 11.3 Å². The van der Waals surface area contributed by atoms with Crippen molar-refractivity contribution >= 4 is 48.5 Å². The first kappa shape index (κ1) is 24.7. The van der Waals surface area contributed by atoms with Gasteiger partial charge in [-0.3, -0.25) is 4.79 Å². The van der Waals surface area contributed by atoms with Crippen LogP contribution >= 0.6 is 22.7 Å². The Labute approximate surface area is 160 Å². The fraction of sp³-hybridized carbons (Fsp3) is 0.417. The summed E-state index contributed by atoms with van der Waals surface area (Å²) in [4.78, 5) is 17.9. The molecule has 10 nitrogen and oxygen atoms in total. The van der Waals surface area contributed by atoms with Crippen LogP contribution in [-0.4, -0.2) is 37.7 Å². The van der Waals surface area contributed by atoms with Gasteiger partial charge < -0.3 is 5.11 Å². The molecule has 0 saturated heterocycles. The third-order valence-electron chi connectivity index (χ3n) is 2.44. The van der Waals surface area contributed by atoms with Crippen molar-refractivity contribution in [2.24, 2.45) is 10.3 Å². The Morgan fingerprint density at radius 1 is 1.04 bits per heavy atom. The Balaban J connectivity index is 0.000000464. The van der Waals surface area contributed by atoms with Crippen LogP contribution in [0, 0.1) is 0 Å². The smallest absolute Gasteiger partial charge is 0.265 e. The Morgan fingerprint density at radius 2 is 1.46 bits per heavy atom. The van der Waals surface area contributed by atoms with Gasteiger partial charge in [-0.2, -0.15) is 0 Å². The molecule has 0 amide bonds. The summed E-state index contributed by atoms with van der Waals surface area (Å²) in [6.45, 7) is 4.35. The fourth-order valence-corrected chi connectivity index (χ4v) is 4.32. The molecule has 0 saturated carbocycles. The molecule has 0 atom stereocenters. The van der Waals surface area contributed by atoms with Gasteiger partial charge in [-0.05, 0) is 13.8 Å². The zero-order valence-corrected chi connectivity index (χ0v) is 16.6. The molecule has 26 heavy (non-hydrogen) atoms. The van der Waals surface area contributed by atoms with Gasteiger partial charge in [-0.1, -0.05) is 7.43 Å². The predicted octanol–water partition coefficient (Wildman–Crippen LogP) is 0.647. The van der Waals surface area contributed by atoms with E-state index < -0.39 is 25.6 Å². The molecule has 0 spiro atoms. The summed E-state index contributed by atoms with van der Waals surface area (Å²) in [7, 11) is -7.51. The van der Waals surface area contributed by atoms with Crippen molar-refractivity contribution in [1.82, 2.24) is 9.97 Å². The van der Waals surface area contributed by atoms with Crippen LogP contribution in [0.15, 0.2) is 19.4 Å². The molecule has 0 aliphatic carbocycles. The Kier molecular flexibility index (Phi) is 8.17. The number of carbonyl (C=O) groups is 1. The van der Waals surface area contributed by atoms with Gasteiger partial charge >= 0.3 is 0 Å². The highest BCUT2D eigenvalue weighted by Gasteiger charge is 2.22. The summed E-state index contributed by atoms with van der Waals surface area (Å²) in [5.74, 6) is -0.277. The number of thiazole rings is 2. The number of hydrogen-bond donors (Lipinski definition) is 3. The number of ketones is 1. The standard InChI is InChI=1S/C6H10N2O3S2.C5H6N2O3S2.CH4/c1-6(2,9)4-3-12-5(8-4)13(7,10)11;1-3(8)4-2-11-5(7-4)12(6,9)10;/h3,9H,1-2H3,(H2,7,10,11);2H,1H3,(H2,6,9,10);1H4. The van der Waals surface area contributed by atoms with E-state index in [-0.39, 0.29) is 27.6 Å². The molecule has 0 aliphatic rings. The first-order valence-electron chi connectivity index (χ1n) is 6.33. The third-order valence-corrected chi connectivity index (χ3v) is 6.84. The first-order chi connectivity index (χ1) is 11.1. The van der Waals surface area contributed by atoms with E-state index >= 15 is 0 Å². The molecule has 2 rings (SSSR count). The van der Waals surface area contributed by atoms with E-state index in [0.717, 1.165) is 22.7 Å². The second kappa shape index (κ2) is 8.60. The van der Waals surface area contributed by atoms with Gasteiger partial charge in [0.25, 0.3) is 20.0 Å². The van der Waals surface area contributed by atoms with Crippen molar-refractivity contribution in [3.63, 3.8) is 0 Å². The zero-order chi connectivity index (χ0) is 19.6. The van der Waals surface area contributed by atoms with Crippen LogP contribution in [0.1, 0.15) is 44.4 Å². The summed E-state index contributed by atoms with van der Waals surface area (Å²) in [5.41, 5.74) is -0.704. The number of nitrogens with two attached hydrogens (primary N) is 2. The zero-order valence-electron chi connectivity index (χ0n) is 13.3. The number of rotatable bonds is 4. The van der Waals surface area contributed by atoms with Gasteiger partial charge in [0, 0.05) is 17.7 Å². The SMILES string of the molecule is C.CC(=O)c1csc(S(N)(=O)=O)n1.CC(C)(O)c1csc(S(N)(=O)=O)n1. The maximum absolute atomic E-state index is 10.8. The lowest BCUT2D eigenvalue weighted by molar-refractivity contribution is 0.0741. The Morgan fingerprint density at radius 3 is 1.69 bits per heavy atom. The quantitative estimate of drug-likeness (QED) is 0.574. The van der Waals surface area contributed by atoms with E-state index in [1.807, 2.05) is 0 Å². The molecule has 5 N–H and O–H groups in total. The molecular weight excluding hydrogens is 424 g/mol. The normalized spacial score (nSPS) is 11.9. The van der Waals surface area contributed by atoms with Crippen LogP contribution in [0.5, 0.6) is 0 Å². The number of carbonyl (C=O) groups excluding carboxylic acids is 1. The molecule has 2 heterocycles. The fourth-order valence-electron chi connectivity index (χ4n) is 1.22. The van der Waals surface area contributed by atoms with Gasteiger partial charge in [-0.25, -0.2) is 37.1 Å². The summed E-state index contributed by atoms with van der Waals surface area (Å²) in [5, 5.41) is 21.9. The van der Waals surface area contributed by atoms with E-state index in [0.29, 0.717) is 5.69 Å². The lowest BCUT2D eigenvalue weighted by Gasteiger charge is -2.12. The van der Waals surface area contributed by atoms with Crippen LogP contribution in [-0.2, 0) is 25.6 Å². The van der Waals surface area contributed by atoms with Gasteiger partial charge in [0.05, 0.1) is 5.69 Å². The minimum atomic E-state index is -3.76. The molecule has 0 aromatic carbocycles. The number of primary sulfonamides is 2. The number of aromatic nitrogens is 2. The lowest BCUT2D eigenvalue weighted by atomic mass is 10.1. The monoisotopic (exact) mass is 444 g/mol. The number of sulfonamides is 2. The predicted molar refractivity (Wildman–Crippen MR) is 99.0 cm³/mol. The largest absolute Gasteiger partial charge is 0.384 e. The molecule has 148 valence electrons.